The van der Waals surface area contributed by atoms with Crippen molar-refractivity contribution in [3.05, 3.63) is 12.2 Å². The Morgan fingerprint density at radius 2 is 1.35 bits per heavy atom. The van der Waals surface area contributed by atoms with E-state index in [2.05, 4.69) is 11.4 Å². The average molecular weight is 392 g/mol. The fraction of sp³-hybridized carbons (Fsp3) is 0.850. The molecule has 0 aliphatic carbocycles. The highest BCUT2D eigenvalue weighted by Gasteiger charge is 2.06. The lowest BCUT2D eigenvalue weighted by Gasteiger charge is -2.01. The third-order valence-corrected chi connectivity index (χ3v) is 4.23. The Morgan fingerprint density at radius 1 is 0.846 bits per heavy atom. The first-order valence-corrected chi connectivity index (χ1v) is 11.3. The molecule has 0 radical (unpaired) electrons. The number of hydrogen-bond donors (Lipinski definition) is 1. The maximum absolute atomic E-state index is 11.0. The summed E-state index contributed by atoms with van der Waals surface area (Å²) in [6.45, 7) is 6.51. The van der Waals surface area contributed by atoms with Crippen LogP contribution in [0, 0.1) is 0 Å². The van der Waals surface area contributed by atoms with Crippen LogP contribution in [0.3, 0.4) is 0 Å². The summed E-state index contributed by atoms with van der Waals surface area (Å²) in [6, 6.07) is 0. The minimum Gasteiger partial charge on any atom is -0.463 e. The third-order valence-electron chi connectivity index (χ3n) is 3.75. The van der Waals surface area contributed by atoms with Gasteiger partial charge in [-0.15, -0.1) is 9.42 Å². The van der Waals surface area contributed by atoms with Crippen LogP contribution in [0.1, 0.15) is 97.8 Å². The van der Waals surface area contributed by atoms with Crippen LogP contribution < -0.4 is 0 Å². The van der Waals surface area contributed by atoms with E-state index < -0.39 is 8.25 Å². The van der Waals surface area contributed by atoms with Gasteiger partial charge in [-0.05, 0) is 26.7 Å². The van der Waals surface area contributed by atoms with Crippen molar-refractivity contribution in [2.75, 3.05) is 13.2 Å². The van der Waals surface area contributed by atoms with Crippen molar-refractivity contribution in [2.24, 2.45) is 0 Å². The Hall–Kier alpha value is -0.770. The van der Waals surface area contributed by atoms with Gasteiger partial charge in [-0.2, -0.15) is 0 Å². The summed E-state index contributed by atoms with van der Waals surface area (Å²) in [5, 5.41) is 0. The lowest BCUT2D eigenvalue weighted by molar-refractivity contribution is -0.137. The summed E-state index contributed by atoms with van der Waals surface area (Å²) in [5.74, 6) is -0.212. The molecule has 6 heteroatoms. The number of carbonyl (C=O) groups is 1. The van der Waals surface area contributed by atoms with Crippen molar-refractivity contribution in [2.45, 2.75) is 97.8 Å². The summed E-state index contributed by atoms with van der Waals surface area (Å²) >= 11 is 0. The smallest absolute Gasteiger partial charge is 0.463 e. The number of allylic oxidation sites excluding steroid dienone is 1. The van der Waals surface area contributed by atoms with E-state index in [0.29, 0.717) is 13.2 Å². The number of carbonyl (C=O) groups excluding carboxylic acids is 1. The Bertz CT molecular complexity index is 345. The van der Waals surface area contributed by atoms with E-state index in [1.165, 1.54) is 70.6 Å². The molecule has 0 aliphatic rings. The molecule has 0 saturated carbocycles. The van der Waals surface area contributed by atoms with Crippen LogP contribution in [0.4, 0.5) is 0 Å². The van der Waals surface area contributed by atoms with Gasteiger partial charge in [-0.25, -0.2) is 4.79 Å². The van der Waals surface area contributed by atoms with Gasteiger partial charge < -0.3 is 4.74 Å². The van der Waals surface area contributed by atoms with Crippen molar-refractivity contribution in [3.8, 4) is 0 Å². The Morgan fingerprint density at radius 3 is 1.73 bits per heavy atom. The summed E-state index contributed by atoms with van der Waals surface area (Å²) in [4.78, 5) is 18.9. The van der Waals surface area contributed by atoms with Crippen LogP contribution in [-0.4, -0.2) is 24.1 Å². The van der Waals surface area contributed by atoms with Gasteiger partial charge >= 0.3 is 14.2 Å². The zero-order valence-corrected chi connectivity index (χ0v) is 18.0. The minimum absolute atomic E-state index is 0.212. The van der Waals surface area contributed by atoms with E-state index in [4.69, 9.17) is 9.63 Å². The van der Waals surface area contributed by atoms with E-state index in [9.17, 15) is 9.36 Å². The Kier molecular flexibility index (Phi) is 25.6. The molecule has 0 rings (SSSR count). The van der Waals surface area contributed by atoms with Crippen LogP contribution in [-0.2, 0) is 18.6 Å². The molecule has 26 heavy (non-hydrogen) atoms. The normalized spacial score (nSPS) is 11.2. The van der Waals surface area contributed by atoms with Crippen molar-refractivity contribution < 1.29 is 23.5 Å². The van der Waals surface area contributed by atoms with Crippen LogP contribution in [0.25, 0.3) is 0 Å². The largest absolute Gasteiger partial charge is 0.694 e. The van der Waals surface area contributed by atoms with Crippen molar-refractivity contribution >= 4 is 14.2 Å². The predicted molar refractivity (Wildman–Crippen MR) is 108 cm³/mol. The molecular weight excluding hydrogens is 351 g/mol. The first kappa shape index (κ1) is 27.4. The summed E-state index contributed by atoms with van der Waals surface area (Å²) in [6.07, 6.45) is 19.5. The molecule has 0 saturated heterocycles. The number of rotatable bonds is 16. The highest BCUT2D eigenvalue weighted by Crippen LogP contribution is 2.12. The summed E-state index contributed by atoms with van der Waals surface area (Å²) in [5.41, 5.74) is 0. The van der Waals surface area contributed by atoms with Gasteiger partial charge in [0.2, 0.25) is 0 Å². The van der Waals surface area contributed by atoms with Crippen molar-refractivity contribution in [3.63, 3.8) is 0 Å². The molecule has 0 aromatic rings. The van der Waals surface area contributed by atoms with Gasteiger partial charge in [0.25, 0.3) is 0 Å². The van der Waals surface area contributed by atoms with Gasteiger partial charge in [0.1, 0.15) is 6.61 Å². The molecule has 154 valence electrons. The fourth-order valence-electron chi connectivity index (χ4n) is 2.41. The van der Waals surface area contributed by atoms with Gasteiger partial charge in [-0.3, -0.25) is 0 Å². The quantitative estimate of drug-likeness (QED) is 0.141. The van der Waals surface area contributed by atoms with Crippen molar-refractivity contribution in [1.29, 1.82) is 0 Å². The topological polar surface area (TPSA) is 72.8 Å². The first-order valence-electron chi connectivity index (χ1n) is 10.2. The molecule has 0 aromatic carbocycles. The maximum atomic E-state index is 11.0. The number of ether oxygens (including phenoxy) is 1. The minimum atomic E-state index is -2.35. The second-order valence-corrected chi connectivity index (χ2v) is 6.87. The highest BCUT2D eigenvalue weighted by atomic mass is 31.1. The van der Waals surface area contributed by atoms with Gasteiger partial charge in [0.15, 0.2) is 0 Å². The molecule has 0 aromatic heterocycles. The lowest BCUT2D eigenvalue weighted by atomic mass is 10.1. The predicted octanol–water partition coefficient (Wildman–Crippen LogP) is 6.48. The summed E-state index contributed by atoms with van der Waals surface area (Å²) < 4.78 is 18.5. The monoisotopic (exact) mass is 391 g/mol. The van der Waals surface area contributed by atoms with Crippen molar-refractivity contribution in [1.82, 2.24) is 0 Å². The van der Waals surface area contributed by atoms with E-state index in [0.717, 1.165) is 6.42 Å². The molecule has 1 unspecified atom stereocenters. The second-order valence-electron chi connectivity index (χ2n) is 6.13. The molecule has 1 atom stereocenters. The van der Waals surface area contributed by atoms with E-state index in [1.807, 2.05) is 13.0 Å². The SMILES string of the molecule is CCCCCCCCCCCCCC=CC(=O)OCC.CCO[P+](=O)O. The highest BCUT2D eigenvalue weighted by molar-refractivity contribution is 7.32. The zero-order chi connectivity index (χ0) is 19.9. The van der Waals surface area contributed by atoms with Gasteiger partial charge in [0.05, 0.1) is 6.61 Å². The number of unbranched alkanes of at least 4 members (excludes halogenated alkanes) is 11. The van der Waals surface area contributed by atoms with Crippen LogP contribution in [0.5, 0.6) is 0 Å². The Balaban J connectivity index is 0. The first-order chi connectivity index (χ1) is 12.6. The maximum Gasteiger partial charge on any atom is 0.694 e. The molecular formula is C20H40O5P+. The molecule has 0 fully saturated rings. The number of hydrogen-bond acceptors (Lipinski definition) is 4. The van der Waals surface area contributed by atoms with Gasteiger partial charge in [0, 0.05) is 10.6 Å². The van der Waals surface area contributed by atoms with Gasteiger partial charge in [-0.1, -0.05) is 77.2 Å². The molecule has 0 amide bonds. The molecule has 0 spiro atoms. The Labute approximate surface area is 161 Å². The second kappa shape index (κ2) is 24.2. The molecule has 1 N–H and O–H groups in total. The van der Waals surface area contributed by atoms with E-state index in [1.54, 1.807) is 13.0 Å². The van der Waals surface area contributed by atoms with E-state index >= 15 is 0 Å². The third kappa shape index (κ3) is 28.1. The zero-order valence-electron chi connectivity index (χ0n) is 17.1. The summed E-state index contributed by atoms with van der Waals surface area (Å²) in [7, 11) is -2.35. The number of esters is 1. The standard InChI is InChI=1S/C18H34O2.C2H5O3P/c1-3-5-6-7-8-9-10-11-12-13-14-15-16-17-18(19)20-4-2;1-2-5-6(3)4/h16-17H,3-15H2,1-2H3;2H2,1H3/p+1. The molecule has 0 heterocycles. The van der Waals surface area contributed by atoms with Crippen LogP contribution in [0.2, 0.25) is 0 Å². The molecule has 0 bridgehead atoms. The molecule has 5 nitrogen and oxygen atoms in total. The van der Waals surface area contributed by atoms with Crippen LogP contribution >= 0.6 is 8.25 Å². The van der Waals surface area contributed by atoms with Crippen LogP contribution in [0.15, 0.2) is 12.2 Å². The lowest BCUT2D eigenvalue weighted by Crippen LogP contribution is -1.98. The molecule has 0 aliphatic heterocycles. The average Bonchev–Trinajstić information content (AvgIpc) is 2.59. The fourth-order valence-corrected chi connectivity index (χ4v) is 2.63. The van der Waals surface area contributed by atoms with E-state index in [-0.39, 0.29) is 5.97 Å².